The van der Waals surface area contributed by atoms with E-state index in [0.717, 1.165) is 38.9 Å². The Labute approximate surface area is 158 Å². The third-order valence-corrected chi connectivity index (χ3v) is 4.28. The lowest BCUT2D eigenvalue weighted by Gasteiger charge is -2.08. The summed E-state index contributed by atoms with van der Waals surface area (Å²) in [4.78, 5) is 32.8. The molecule has 0 aliphatic carbocycles. The van der Waals surface area contributed by atoms with Crippen LogP contribution in [0.15, 0.2) is 0 Å². The quantitative estimate of drug-likeness (QED) is 0.0992. The Hall–Kier alpha value is -0.445. The van der Waals surface area contributed by atoms with Gasteiger partial charge in [0, 0.05) is 26.1 Å². The fourth-order valence-corrected chi connectivity index (χ4v) is 2.64. The maximum Gasteiger partial charge on any atom is 0.407 e. The molecule has 0 saturated carbocycles. The standard InChI is InChI=1S/C13H26BIN3O5P/c15-24-14-18-6-2-4-9-22-10-7-17-13(21)23-11-12(20)16-5-1-3-8-19/h8,14,18,24H,1-7,9-11H2,(H,16,20)(H,17,21). The second kappa shape index (κ2) is 18.9. The number of ether oxygens (including phenoxy) is 2. The van der Waals surface area contributed by atoms with E-state index in [9.17, 15) is 14.4 Å². The van der Waals surface area contributed by atoms with Crippen molar-refractivity contribution in [2.24, 2.45) is 0 Å². The average Bonchev–Trinajstić information content (AvgIpc) is 2.58. The summed E-state index contributed by atoms with van der Waals surface area (Å²) < 4.78 is 10.1. The van der Waals surface area contributed by atoms with Crippen molar-refractivity contribution in [3.63, 3.8) is 0 Å². The van der Waals surface area contributed by atoms with Crippen molar-refractivity contribution in [1.29, 1.82) is 0 Å². The smallest absolute Gasteiger partial charge is 0.407 e. The highest BCUT2D eigenvalue weighted by molar-refractivity contribution is 14.2. The fourth-order valence-electron chi connectivity index (χ4n) is 1.56. The molecule has 0 spiro atoms. The summed E-state index contributed by atoms with van der Waals surface area (Å²) in [5, 5.41) is 8.38. The zero-order chi connectivity index (χ0) is 17.9. The van der Waals surface area contributed by atoms with Crippen LogP contribution >= 0.6 is 28.1 Å². The van der Waals surface area contributed by atoms with Crippen LogP contribution in [0.1, 0.15) is 25.7 Å². The number of alkyl carbamates (subject to hydrolysis) is 1. The number of unbranched alkanes of at least 4 members (excludes halogenated alkanes) is 2. The van der Waals surface area contributed by atoms with E-state index in [0.29, 0.717) is 39.1 Å². The van der Waals surface area contributed by atoms with Gasteiger partial charge in [0.1, 0.15) is 6.29 Å². The van der Waals surface area contributed by atoms with Gasteiger partial charge >= 0.3 is 6.09 Å². The van der Waals surface area contributed by atoms with Crippen molar-refractivity contribution in [2.45, 2.75) is 25.7 Å². The van der Waals surface area contributed by atoms with Crippen LogP contribution in [0.3, 0.4) is 0 Å². The molecule has 0 aliphatic heterocycles. The number of halogens is 1. The average molecular weight is 473 g/mol. The fraction of sp³-hybridized carbons (Fsp3) is 0.769. The molecule has 1 unspecified atom stereocenters. The lowest BCUT2D eigenvalue weighted by atomic mass is 10.3. The SMILES string of the molecule is O=CCCCNC(=O)COC(=O)NCCOCCCCNBPI. The van der Waals surface area contributed by atoms with Crippen LogP contribution in [-0.4, -0.2) is 64.9 Å². The van der Waals surface area contributed by atoms with E-state index in [2.05, 4.69) is 37.9 Å². The van der Waals surface area contributed by atoms with Gasteiger partial charge in [-0.05, 0) is 25.8 Å². The first kappa shape index (κ1) is 23.6. The first-order valence-corrected chi connectivity index (χ1v) is 12.3. The molecule has 2 amide bonds. The summed E-state index contributed by atoms with van der Waals surface area (Å²) in [5.74, 6) is -0.385. The topological polar surface area (TPSA) is 106 Å². The number of rotatable bonds is 16. The number of hydrogen-bond acceptors (Lipinski definition) is 6. The van der Waals surface area contributed by atoms with Crippen molar-refractivity contribution >= 4 is 53.6 Å². The molecular weight excluding hydrogens is 447 g/mol. The molecule has 0 saturated heterocycles. The van der Waals surface area contributed by atoms with Crippen LogP contribution in [0.5, 0.6) is 0 Å². The van der Waals surface area contributed by atoms with Crippen LogP contribution in [0, 0.1) is 0 Å². The van der Waals surface area contributed by atoms with Crippen molar-refractivity contribution in [1.82, 2.24) is 15.9 Å². The van der Waals surface area contributed by atoms with E-state index in [1.165, 1.54) is 0 Å². The molecule has 0 aromatic carbocycles. The number of carbonyl (C=O) groups excluding carboxylic acids is 3. The molecule has 0 radical (unpaired) electrons. The Morgan fingerprint density at radius 2 is 1.92 bits per heavy atom. The Morgan fingerprint density at radius 1 is 1.08 bits per heavy atom. The normalized spacial score (nSPS) is 10.5. The zero-order valence-electron chi connectivity index (χ0n) is 13.8. The maximum absolute atomic E-state index is 11.3. The van der Waals surface area contributed by atoms with Gasteiger partial charge in [-0.1, -0.05) is 28.1 Å². The summed E-state index contributed by atoms with van der Waals surface area (Å²) in [6.45, 7) is 2.47. The molecule has 138 valence electrons. The van der Waals surface area contributed by atoms with Crippen LogP contribution in [-0.2, 0) is 19.1 Å². The third kappa shape index (κ3) is 17.9. The van der Waals surface area contributed by atoms with Crippen LogP contribution < -0.4 is 15.9 Å². The van der Waals surface area contributed by atoms with Crippen LogP contribution in [0.4, 0.5) is 4.79 Å². The van der Waals surface area contributed by atoms with Gasteiger partial charge in [0.15, 0.2) is 6.61 Å². The molecule has 8 nitrogen and oxygen atoms in total. The first-order valence-electron chi connectivity index (χ1n) is 7.93. The van der Waals surface area contributed by atoms with E-state index < -0.39 is 6.09 Å². The summed E-state index contributed by atoms with van der Waals surface area (Å²) in [6, 6.07) is 0. The Bertz CT molecular complexity index is 356. The van der Waals surface area contributed by atoms with Gasteiger partial charge in [-0.25, -0.2) is 4.79 Å². The first-order chi connectivity index (χ1) is 11.7. The second-order valence-corrected chi connectivity index (χ2v) is 7.70. The largest absolute Gasteiger partial charge is 0.439 e. The molecule has 0 bridgehead atoms. The molecule has 0 aliphatic rings. The van der Waals surface area contributed by atoms with Crippen LogP contribution in [0.25, 0.3) is 0 Å². The van der Waals surface area contributed by atoms with Gasteiger partial charge in [0.05, 0.1) is 6.61 Å². The minimum absolute atomic E-state index is 0.335. The lowest BCUT2D eigenvalue weighted by Crippen LogP contribution is -2.34. The second-order valence-electron chi connectivity index (χ2n) is 4.79. The summed E-state index contributed by atoms with van der Waals surface area (Å²) in [7, 11) is 1.06. The highest BCUT2D eigenvalue weighted by Gasteiger charge is 2.06. The molecule has 11 heteroatoms. The molecule has 0 heterocycles. The van der Waals surface area contributed by atoms with Gasteiger partial charge < -0.3 is 30.1 Å². The molecule has 0 aromatic heterocycles. The van der Waals surface area contributed by atoms with Gasteiger partial charge in [-0.2, -0.15) is 0 Å². The van der Waals surface area contributed by atoms with E-state index in [1.807, 2.05) is 0 Å². The highest BCUT2D eigenvalue weighted by atomic mass is 127. The molecule has 1 atom stereocenters. The molecule has 24 heavy (non-hydrogen) atoms. The van der Waals surface area contributed by atoms with E-state index in [4.69, 9.17) is 9.47 Å². The Kier molecular flexibility index (Phi) is 18.5. The summed E-state index contributed by atoms with van der Waals surface area (Å²) in [6.07, 6.45) is 4.07. The summed E-state index contributed by atoms with van der Waals surface area (Å²) >= 11 is 2.36. The van der Waals surface area contributed by atoms with Crippen molar-refractivity contribution in [3.8, 4) is 0 Å². The monoisotopic (exact) mass is 473 g/mol. The van der Waals surface area contributed by atoms with Gasteiger partial charge in [0.25, 0.3) is 5.91 Å². The minimum atomic E-state index is -0.648. The van der Waals surface area contributed by atoms with Crippen LogP contribution in [0.2, 0.25) is 0 Å². The predicted molar refractivity (Wildman–Crippen MR) is 105 cm³/mol. The Morgan fingerprint density at radius 3 is 2.67 bits per heavy atom. The molecule has 0 aromatic rings. The van der Waals surface area contributed by atoms with Crippen molar-refractivity contribution < 1.29 is 23.9 Å². The van der Waals surface area contributed by atoms with E-state index in [1.54, 1.807) is 0 Å². The van der Waals surface area contributed by atoms with E-state index >= 15 is 0 Å². The van der Waals surface area contributed by atoms with Gasteiger partial charge in [0.2, 0.25) is 7.13 Å². The summed E-state index contributed by atoms with van der Waals surface area (Å²) in [5.41, 5.74) is 0. The Balaban J connectivity index is 3.31. The lowest BCUT2D eigenvalue weighted by molar-refractivity contribution is -0.124. The number of carbonyl (C=O) groups is 3. The number of nitrogens with one attached hydrogen (secondary N) is 3. The van der Waals surface area contributed by atoms with Gasteiger partial charge in [-0.15, -0.1) is 0 Å². The third-order valence-electron chi connectivity index (χ3n) is 2.76. The number of aldehydes is 1. The van der Waals surface area contributed by atoms with Gasteiger partial charge in [-0.3, -0.25) is 4.79 Å². The van der Waals surface area contributed by atoms with Crippen molar-refractivity contribution in [3.05, 3.63) is 0 Å². The molecular formula is C13H26BIN3O5P. The number of hydrogen-bond donors (Lipinski definition) is 3. The zero-order valence-corrected chi connectivity index (χ0v) is 16.9. The highest BCUT2D eigenvalue weighted by Crippen LogP contribution is 2.14. The maximum atomic E-state index is 11.3. The number of amides is 2. The molecule has 0 rings (SSSR count). The van der Waals surface area contributed by atoms with Crippen molar-refractivity contribution in [2.75, 3.05) is 39.5 Å². The molecule has 3 N–H and O–H groups in total. The minimum Gasteiger partial charge on any atom is -0.439 e. The predicted octanol–water partition coefficient (Wildman–Crippen LogP) is 0.489. The molecule has 0 fully saturated rings. The van der Waals surface area contributed by atoms with E-state index in [-0.39, 0.29) is 12.5 Å².